The molecule has 0 bridgehead atoms. The van der Waals surface area contributed by atoms with E-state index in [4.69, 9.17) is 5.73 Å². The molecule has 1 aliphatic rings. The van der Waals surface area contributed by atoms with Crippen LogP contribution in [0.25, 0.3) is 22.2 Å². The zero-order chi connectivity index (χ0) is 17.3. The number of carbonyl (C=O) groups excluding carboxylic acids is 1. The highest BCUT2D eigenvalue weighted by Gasteiger charge is 2.40. The van der Waals surface area contributed by atoms with Crippen LogP contribution in [0.5, 0.6) is 0 Å². The smallest absolute Gasteiger partial charge is 0.229 e. The largest absolute Gasteiger partial charge is 0.369 e. The van der Waals surface area contributed by atoms with Gasteiger partial charge in [0.25, 0.3) is 0 Å². The van der Waals surface area contributed by atoms with Gasteiger partial charge in [-0.2, -0.15) is 0 Å². The number of para-hydroxylation sites is 1. The average Bonchev–Trinajstić information content (AvgIpc) is 2.68. The first-order valence-electron chi connectivity index (χ1n) is 8.44. The number of benzene rings is 1. The van der Waals surface area contributed by atoms with Gasteiger partial charge in [-0.3, -0.25) is 9.78 Å². The number of nitrogens with one attached hydrogen (secondary N) is 1. The van der Waals surface area contributed by atoms with E-state index in [9.17, 15) is 4.79 Å². The van der Waals surface area contributed by atoms with Gasteiger partial charge in [-0.05, 0) is 56.3 Å². The average molecular weight is 331 g/mol. The maximum Gasteiger partial charge on any atom is 0.229 e. The molecular formula is C20H19N4O. The maximum absolute atomic E-state index is 12.1. The zero-order valence-electron chi connectivity index (χ0n) is 13.8. The molecule has 3 aromatic rings. The topological polar surface area (TPSA) is 80.9 Å². The first kappa shape index (κ1) is 15.7. The molecule has 1 saturated heterocycles. The Kier molecular flexibility index (Phi) is 3.93. The summed E-state index contributed by atoms with van der Waals surface area (Å²) in [6.45, 7) is 1.54. The molecule has 0 spiro atoms. The van der Waals surface area contributed by atoms with Gasteiger partial charge in [0.15, 0.2) is 0 Å². The summed E-state index contributed by atoms with van der Waals surface area (Å²) in [5.74, 6) is -0.300. The van der Waals surface area contributed by atoms with E-state index in [1.807, 2.05) is 42.5 Å². The number of pyridine rings is 2. The van der Waals surface area contributed by atoms with Crippen LogP contribution in [0.2, 0.25) is 0 Å². The summed E-state index contributed by atoms with van der Waals surface area (Å²) in [5, 5.41) is 4.25. The number of fused-ring (bicyclic) bond motifs is 1. The first-order chi connectivity index (χ1) is 12.2. The summed E-state index contributed by atoms with van der Waals surface area (Å²) in [6, 6.07) is 16.9. The molecule has 5 nitrogen and oxygen atoms in total. The highest BCUT2D eigenvalue weighted by molar-refractivity contribution is 5.86. The van der Waals surface area contributed by atoms with Crippen molar-refractivity contribution in [2.24, 2.45) is 5.73 Å². The summed E-state index contributed by atoms with van der Waals surface area (Å²) in [7, 11) is 0. The zero-order valence-corrected chi connectivity index (χ0v) is 13.8. The molecule has 5 heteroatoms. The van der Waals surface area contributed by atoms with E-state index >= 15 is 0 Å². The summed E-state index contributed by atoms with van der Waals surface area (Å²) in [4.78, 5) is 21.4. The second-order valence-electron chi connectivity index (χ2n) is 6.43. The maximum atomic E-state index is 12.1. The highest BCUT2D eigenvalue weighted by Crippen LogP contribution is 2.32. The van der Waals surface area contributed by atoms with Gasteiger partial charge >= 0.3 is 0 Å². The lowest BCUT2D eigenvalue weighted by Gasteiger charge is -2.34. The molecule has 0 unspecified atom stereocenters. The van der Waals surface area contributed by atoms with Crippen LogP contribution < -0.4 is 11.1 Å². The SMILES string of the molecule is NC(=O)C1(c2ccc(-c3c[c]c4ccccc4n3)cn2)CCNCC1. The second kappa shape index (κ2) is 6.26. The molecule has 25 heavy (non-hydrogen) atoms. The predicted molar refractivity (Wildman–Crippen MR) is 96.8 cm³/mol. The van der Waals surface area contributed by atoms with E-state index < -0.39 is 5.41 Å². The van der Waals surface area contributed by atoms with Crippen LogP contribution in [0, 0.1) is 6.07 Å². The lowest BCUT2D eigenvalue weighted by Crippen LogP contribution is -2.49. The number of nitrogens with zero attached hydrogens (tertiary/aromatic N) is 2. The molecule has 125 valence electrons. The third-order valence-corrected chi connectivity index (χ3v) is 4.99. The first-order valence-corrected chi connectivity index (χ1v) is 8.44. The van der Waals surface area contributed by atoms with Gasteiger partial charge in [-0.1, -0.05) is 18.2 Å². The molecule has 0 atom stereocenters. The summed E-state index contributed by atoms with van der Waals surface area (Å²) in [6.07, 6.45) is 3.13. The van der Waals surface area contributed by atoms with Crippen LogP contribution in [-0.2, 0) is 10.2 Å². The summed E-state index contributed by atoms with van der Waals surface area (Å²) < 4.78 is 0. The van der Waals surface area contributed by atoms with Crippen molar-refractivity contribution in [2.45, 2.75) is 18.3 Å². The third-order valence-electron chi connectivity index (χ3n) is 4.99. The van der Waals surface area contributed by atoms with Crippen LogP contribution >= 0.6 is 0 Å². The van der Waals surface area contributed by atoms with Gasteiger partial charge < -0.3 is 11.1 Å². The van der Waals surface area contributed by atoms with Crippen molar-refractivity contribution in [3.63, 3.8) is 0 Å². The third kappa shape index (κ3) is 2.76. The van der Waals surface area contributed by atoms with E-state index in [1.54, 1.807) is 6.20 Å². The number of carbonyl (C=O) groups is 1. The molecule has 0 aliphatic carbocycles. The molecule has 1 amide bonds. The Labute approximate surface area is 146 Å². The molecule has 1 aromatic carbocycles. The Bertz CT molecular complexity index is 914. The fraction of sp³-hybridized carbons (Fsp3) is 0.250. The van der Waals surface area contributed by atoms with Gasteiger partial charge in [0, 0.05) is 17.1 Å². The number of hydrogen-bond donors (Lipinski definition) is 2. The van der Waals surface area contributed by atoms with Crippen molar-refractivity contribution < 1.29 is 4.79 Å². The van der Waals surface area contributed by atoms with Crippen LogP contribution in [0.4, 0.5) is 0 Å². The van der Waals surface area contributed by atoms with Gasteiger partial charge in [-0.25, -0.2) is 4.98 Å². The highest BCUT2D eigenvalue weighted by atomic mass is 16.1. The van der Waals surface area contributed by atoms with Crippen molar-refractivity contribution in [3.05, 3.63) is 60.4 Å². The minimum absolute atomic E-state index is 0.300. The van der Waals surface area contributed by atoms with Crippen molar-refractivity contribution in [2.75, 3.05) is 13.1 Å². The molecule has 1 fully saturated rings. The fourth-order valence-corrected chi connectivity index (χ4v) is 3.46. The molecule has 1 radical (unpaired) electrons. The van der Waals surface area contributed by atoms with Gasteiger partial charge in [0.2, 0.25) is 5.91 Å². The summed E-state index contributed by atoms with van der Waals surface area (Å²) in [5.41, 5.74) is 8.41. The molecule has 1 aliphatic heterocycles. The van der Waals surface area contributed by atoms with E-state index in [1.165, 1.54) is 0 Å². The number of amides is 1. The number of piperidine rings is 1. The Morgan fingerprint density at radius 2 is 1.96 bits per heavy atom. The van der Waals surface area contributed by atoms with Crippen LogP contribution in [0.15, 0.2) is 48.7 Å². The Morgan fingerprint density at radius 1 is 1.16 bits per heavy atom. The van der Waals surface area contributed by atoms with Crippen molar-refractivity contribution in [1.29, 1.82) is 0 Å². The number of rotatable bonds is 3. The molecule has 4 rings (SSSR count). The Morgan fingerprint density at radius 3 is 2.68 bits per heavy atom. The van der Waals surface area contributed by atoms with Crippen molar-refractivity contribution in [1.82, 2.24) is 15.3 Å². The van der Waals surface area contributed by atoms with Crippen molar-refractivity contribution in [3.8, 4) is 11.3 Å². The molecule has 3 N–H and O–H groups in total. The molecule has 2 aromatic heterocycles. The molecular weight excluding hydrogens is 312 g/mol. The predicted octanol–water partition coefficient (Wildman–Crippen LogP) is 2.20. The minimum Gasteiger partial charge on any atom is -0.369 e. The monoisotopic (exact) mass is 331 g/mol. The molecule has 0 saturated carbocycles. The number of primary amides is 1. The molecule has 3 heterocycles. The quantitative estimate of drug-likeness (QED) is 0.771. The normalized spacial score (nSPS) is 16.6. The Hall–Kier alpha value is -2.79. The van der Waals surface area contributed by atoms with E-state index in [0.717, 1.165) is 40.9 Å². The number of aromatic nitrogens is 2. The van der Waals surface area contributed by atoms with E-state index in [0.29, 0.717) is 12.8 Å². The fourth-order valence-electron chi connectivity index (χ4n) is 3.46. The van der Waals surface area contributed by atoms with Crippen molar-refractivity contribution >= 4 is 16.8 Å². The van der Waals surface area contributed by atoms with Gasteiger partial charge in [0.05, 0.1) is 22.3 Å². The van der Waals surface area contributed by atoms with Gasteiger partial charge in [-0.15, -0.1) is 0 Å². The lowest BCUT2D eigenvalue weighted by atomic mass is 9.75. The number of hydrogen-bond acceptors (Lipinski definition) is 4. The van der Waals surface area contributed by atoms with Gasteiger partial charge in [0.1, 0.15) is 0 Å². The van der Waals surface area contributed by atoms with Crippen LogP contribution in [0.3, 0.4) is 0 Å². The van der Waals surface area contributed by atoms with E-state index in [2.05, 4.69) is 21.4 Å². The minimum atomic E-state index is -0.674. The Balaban J connectivity index is 1.70. The standard InChI is InChI=1S/C20H19N4O/c21-19(25)20(9-11-22-12-10-20)18-8-6-15(13-23-18)17-7-5-14-3-1-2-4-16(14)24-17/h1-4,6-8,13,22H,9-12H2,(H2,21,25). The lowest BCUT2D eigenvalue weighted by molar-refractivity contribution is -0.124. The van der Waals surface area contributed by atoms with Crippen LogP contribution in [-0.4, -0.2) is 29.0 Å². The summed E-state index contributed by atoms with van der Waals surface area (Å²) >= 11 is 0. The van der Waals surface area contributed by atoms with E-state index in [-0.39, 0.29) is 5.91 Å². The van der Waals surface area contributed by atoms with Crippen LogP contribution in [0.1, 0.15) is 18.5 Å². The number of nitrogens with two attached hydrogens (primary N) is 1. The second-order valence-corrected chi connectivity index (χ2v) is 6.43.